The van der Waals surface area contributed by atoms with Gasteiger partial charge in [0.1, 0.15) is 0 Å². The van der Waals surface area contributed by atoms with Gasteiger partial charge in [0.2, 0.25) is 24.3 Å². The zero-order valence-corrected chi connectivity index (χ0v) is 16.7. The van der Waals surface area contributed by atoms with Crippen LogP contribution in [0.1, 0.15) is 59.8 Å². The molecule has 0 rings (SSSR count). The van der Waals surface area contributed by atoms with Crippen molar-refractivity contribution in [2.45, 2.75) is 65.8 Å². The van der Waals surface area contributed by atoms with Crippen LogP contribution < -0.4 is 0 Å². The van der Waals surface area contributed by atoms with Gasteiger partial charge in [0, 0.05) is 0 Å². The van der Waals surface area contributed by atoms with E-state index in [4.69, 9.17) is 0 Å². The Balaban J connectivity index is 0. The maximum Gasteiger partial charge on any atom is 0.235 e. The van der Waals surface area contributed by atoms with E-state index in [2.05, 4.69) is 40.7 Å². The van der Waals surface area contributed by atoms with Gasteiger partial charge in [-0.2, -0.15) is 0 Å². The highest BCUT2D eigenvalue weighted by Gasteiger charge is 2.20. The Hall–Kier alpha value is -2.48. The minimum absolute atomic E-state index is 0.00171. The van der Waals surface area contributed by atoms with Crippen molar-refractivity contribution in [1.29, 1.82) is 0 Å². The predicted molar refractivity (Wildman–Crippen MR) is 103 cm³/mol. The lowest BCUT2D eigenvalue weighted by Gasteiger charge is -2.25. The quantitative estimate of drug-likeness (QED) is 0.277. The van der Waals surface area contributed by atoms with Crippen LogP contribution in [-0.4, -0.2) is 50.0 Å². The molecule has 0 saturated carbocycles. The van der Waals surface area contributed by atoms with Crippen LogP contribution >= 0.6 is 0 Å². The summed E-state index contributed by atoms with van der Waals surface area (Å²) in [5.41, 5.74) is 0.00171. The number of nitrogens with zero attached hydrogens (tertiary/aromatic N) is 4. The van der Waals surface area contributed by atoms with Gasteiger partial charge in [-0.3, -0.25) is 0 Å². The van der Waals surface area contributed by atoms with Crippen molar-refractivity contribution in [2.24, 2.45) is 31.3 Å². The standard InChI is InChI=1S/C11H18N2O2.C8H12N2O2/c1-10(4-5-12-8-14)6-11(2,3)7-13-9-15;1-2-8(10-7-12)4-3-5-9-6-11/h10H,4-7H2,1-3H3;8H,2-5H2,1H3. The van der Waals surface area contributed by atoms with Crippen LogP contribution in [0.2, 0.25) is 0 Å². The van der Waals surface area contributed by atoms with Crippen molar-refractivity contribution in [2.75, 3.05) is 19.6 Å². The molecule has 0 aliphatic carbocycles. The summed E-state index contributed by atoms with van der Waals surface area (Å²) < 4.78 is 0. The highest BCUT2D eigenvalue weighted by atomic mass is 16.1. The molecular weight excluding hydrogens is 348 g/mol. The fraction of sp³-hybridized carbons (Fsp3) is 0.789. The molecule has 8 nitrogen and oxygen atoms in total. The van der Waals surface area contributed by atoms with Crippen LogP contribution in [0.3, 0.4) is 0 Å². The van der Waals surface area contributed by atoms with E-state index >= 15 is 0 Å². The Morgan fingerprint density at radius 2 is 1.44 bits per heavy atom. The van der Waals surface area contributed by atoms with E-state index in [0.717, 1.165) is 32.1 Å². The summed E-state index contributed by atoms with van der Waals surface area (Å²) in [6.45, 7) is 9.67. The van der Waals surface area contributed by atoms with Gasteiger partial charge >= 0.3 is 0 Å². The Morgan fingerprint density at radius 1 is 0.852 bits per heavy atom. The lowest BCUT2D eigenvalue weighted by atomic mass is 9.82. The smallest absolute Gasteiger partial charge is 0.211 e. The molecule has 0 N–H and O–H groups in total. The van der Waals surface area contributed by atoms with E-state index in [0.29, 0.717) is 25.6 Å². The van der Waals surface area contributed by atoms with Crippen molar-refractivity contribution in [1.82, 2.24) is 0 Å². The number of carbonyl (C=O) groups excluding carboxylic acids is 4. The van der Waals surface area contributed by atoms with Crippen LogP contribution in [0.4, 0.5) is 0 Å². The molecule has 0 aromatic heterocycles. The Bertz CT molecular complexity index is 581. The van der Waals surface area contributed by atoms with E-state index in [9.17, 15) is 19.2 Å². The highest BCUT2D eigenvalue weighted by Crippen LogP contribution is 2.27. The molecule has 150 valence electrons. The molecule has 0 aliphatic rings. The highest BCUT2D eigenvalue weighted by molar-refractivity contribution is 5.34. The first-order valence-electron chi connectivity index (χ1n) is 9.04. The van der Waals surface area contributed by atoms with Gasteiger partial charge in [0.25, 0.3) is 0 Å². The Kier molecular flexibility index (Phi) is 18.1. The summed E-state index contributed by atoms with van der Waals surface area (Å²) in [6, 6.07) is 0.0318. The summed E-state index contributed by atoms with van der Waals surface area (Å²) in [7, 11) is 0. The molecule has 0 radical (unpaired) electrons. The average molecular weight is 378 g/mol. The molecule has 27 heavy (non-hydrogen) atoms. The van der Waals surface area contributed by atoms with Gasteiger partial charge in [-0.15, -0.1) is 0 Å². The Morgan fingerprint density at radius 3 is 1.96 bits per heavy atom. The lowest BCUT2D eigenvalue weighted by Crippen LogP contribution is -2.19. The van der Waals surface area contributed by atoms with E-state index in [1.807, 2.05) is 6.92 Å². The fourth-order valence-electron chi connectivity index (χ4n) is 2.57. The maximum absolute atomic E-state index is 10.00. The monoisotopic (exact) mass is 378 g/mol. The number of aliphatic imine (C=N–C) groups is 4. The second-order valence-corrected chi connectivity index (χ2v) is 7.04. The summed E-state index contributed by atoms with van der Waals surface area (Å²) in [4.78, 5) is 53.5. The van der Waals surface area contributed by atoms with Crippen molar-refractivity contribution in [3.63, 3.8) is 0 Å². The molecule has 8 heteroatoms. The predicted octanol–water partition coefficient (Wildman–Crippen LogP) is 3.32. The molecule has 0 aromatic carbocycles. The molecule has 0 heterocycles. The first kappa shape index (κ1) is 26.7. The van der Waals surface area contributed by atoms with Crippen LogP contribution in [-0.2, 0) is 19.2 Å². The Labute approximate surface area is 161 Å². The summed E-state index contributed by atoms with van der Waals surface area (Å²) in [5, 5.41) is 0. The molecule has 0 bridgehead atoms. The first-order chi connectivity index (χ1) is 12.9. The molecular formula is C19H30N4O4. The van der Waals surface area contributed by atoms with Gasteiger partial charge in [0.05, 0.1) is 25.7 Å². The SMILES string of the molecule is CC(CCN=C=O)CC(C)(C)CN=C=O.CCC(CCCN=C=O)N=C=O. The van der Waals surface area contributed by atoms with Crippen LogP contribution in [0.5, 0.6) is 0 Å². The minimum atomic E-state index is 0.00171. The van der Waals surface area contributed by atoms with Crippen LogP contribution in [0.25, 0.3) is 0 Å². The molecule has 0 spiro atoms. The first-order valence-corrected chi connectivity index (χ1v) is 9.04. The average Bonchev–Trinajstić information content (AvgIpc) is 2.63. The molecule has 0 fully saturated rings. The molecule has 0 aromatic rings. The second kappa shape index (κ2) is 18.3. The van der Waals surface area contributed by atoms with E-state index in [1.54, 1.807) is 6.08 Å². The van der Waals surface area contributed by atoms with Gasteiger partial charge in [-0.25, -0.2) is 39.1 Å². The summed E-state index contributed by atoms with van der Waals surface area (Å²) in [6.07, 6.45) is 10.2. The fourth-order valence-corrected chi connectivity index (χ4v) is 2.57. The van der Waals surface area contributed by atoms with Gasteiger partial charge in [-0.1, -0.05) is 27.7 Å². The van der Waals surface area contributed by atoms with Gasteiger partial charge in [0.15, 0.2) is 0 Å². The van der Waals surface area contributed by atoms with Crippen LogP contribution in [0, 0.1) is 11.3 Å². The topological polar surface area (TPSA) is 118 Å². The van der Waals surface area contributed by atoms with Crippen LogP contribution in [0.15, 0.2) is 20.0 Å². The zero-order valence-electron chi connectivity index (χ0n) is 16.7. The van der Waals surface area contributed by atoms with E-state index < -0.39 is 0 Å². The number of rotatable bonds is 13. The van der Waals surface area contributed by atoms with Gasteiger partial charge in [-0.05, 0) is 43.4 Å². The molecule has 2 atom stereocenters. The molecule has 0 saturated heterocycles. The third-order valence-corrected chi connectivity index (χ3v) is 3.85. The largest absolute Gasteiger partial charge is 0.235 e. The van der Waals surface area contributed by atoms with E-state index in [-0.39, 0.29) is 11.5 Å². The zero-order chi connectivity index (χ0) is 21.0. The lowest BCUT2D eigenvalue weighted by molar-refractivity contribution is 0.280. The summed E-state index contributed by atoms with van der Waals surface area (Å²) >= 11 is 0. The summed E-state index contributed by atoms with van der Waals surface area (Å²) in [5.74, 6) is 0.457. The van der Waals surface area contributed by atoms with E-state index in [1.165, 1.54) is 18.2 Å². The third kappa shape index (κ3) is 19.7. The van der Waals surface area contributed by atoms with Crippen molar-refractivity contribution < 1.29 is 19.2 Å². The number of isocyanates is 4. The molecule has 0 aliphatic heterocycles. The molecule has 0 amide bonds. The van der Waals surface area contributed by atoms with Crippen molar-refractivity contribution in [3.8, 4) is 0 Å². The minimum Gasteiger partial charge on any atom is -0.211 e. The van der Waals surface area contributed by atoms with Crippen molar-refractivity contribution >= 4 is 24.3 Å². The maximum atomic E-state index is 10.00. The number of hydrogen-bond acceptors (Lipinski definition) is 8. The normalized spacial score (nSPS) is 11.9. The second-order valence-electron chi connectivity index (χ2n) is 7.04. The molecule has 2 unspecified atom stereocenters. The number of hydrogen-bond donors (Lipinski definition) is 0. The van der Waals surface area contributed by atoms with Gasteiger partial charge < -0.3 is 0 Å². The third-order valence-electron chi connectivity index (χ3n) is 3.85. The van der Waals surface area contributed by atoms with Crippen molar-refractivity contribution in [3.05, 3.63) is 0 Å².